The lowest BCUT2D eigenvalue weighted by atomic mass is 9.65. The molecule has 0 saturated heterocycles. The Morgan fingerprint density at radius 3 is 2.82 bits per heavy atom. The summed E-state index contributed by atoms with van der Waals surface area (Å²) in [7, 11) is 1.22. The van der Waals surface area contributed by atoms with E-state index in [1.54, 1.807) is 24.3 Å². The van der Waals surface area contributed by atoms with Crippen LogP contribution >= 0.6 is 0 Å². The van der Waals surface area contributed by atoms with Gasteiger partial charge in [0.25, 0.3) is 0 Å². The number of methoxy groups -OCH3 is 1. The van der Waals surface area contributed by atoms with Crippen molar-refractivity contribution in [2.75, 3.05) is 13.7 Å². The summed E-state index contributed by atoms with van der Waals surface area (Å²) < 4.78 is 10.3. The van der Waals surface area contributed by atoms with Gasteiger partial charge in [-0.25, -0.2) is 0 Å². The van der Waals surface area contributed by atoms with Gasteiger partial charge >= 0.3 is 5.97 Å². The van der Waals surface area contributed by atoms with Crippen molar-refractivity contribution in [3.8, 4) is 11.8 Å². The molecule has 142 valence electrons. The van der Waals surface area contributed by atoms with E-state index >= 15 is 0 Å². The number of nitriles is 1. The van der Waals surface area contributed by atoms with E-state index in [-0.39, 0.29) is 35.8 Å². The first-order valence-electron chi connectivity index (χ1n) is 8.80. The van der Waals surface area contributed by atoms with Crippen molar-refractivity contribution in [2.45, 2.75) is 24.7 Å². The SMILES string of the molecule is COC(=O)CN1C(=O)C2(C(C#N)=C(N)Oc3ccccc32)C2=C1CCCC2=O. The maximum absolute atomic E-state index is 13.8. The number of hydrogen-bond acceptors (Lipinski definition) is 7. The second-order valence-corrected chi connectivity index (χ2v) is 6.77. The molecule has 1 aromatic carbocycles. The van der Waals surface area contributed by atoms with E-state index in [1.165, 1.54) is 12.0 Å². The summed E-state index contributed by atoms with van der Waals surface area (Å²) >= 11 is 0. The Morgan fingerprint density at radius 1 is 1.36 bits per heavy atom. The van der Waals surface area contributed by atoms with E-state index < -0.39 is 17.3 Å². The van der Waals surface area contributed by atoms with E-state index in [0.29, 0.717) is 29.9 Å². The number of Topliss-reactive ketones (excluding diaryl/α,β-unsaturated/α-hetero) is 1. The Kier molecular flexibility index (Phi) is 3.96. The van der Waals surface area contributed by atoms with E-state index in [9.17, 15) is 19.6 Å². The number of fused-ring (bicyclic) bond motifs is 3. The first-order valence-corrected chi connectivity index (χ1v) is 8.80. The summed E-state index contributed by atoms with van der Waals surface area (Å²) in [6.07, 6.45) is 1.24. The fourth-order valence-corrected chi connectivity index (χ4v) is 4.29. The number of para-hydroxylation sites is 1. The highest BCUT2D eigenvalue weighted by atomic mass is 16.5. The van der Waals surface area contributed by atoms with Crippen LogP contribution in [0.25, 0.3) is 0 Å². The average molecular weight is 379 g/mol. The molecule has 0 aromatic heterocycles. The highest BCUT2D eigenvalue weighted by molar-refractivity contribution is 6.15. The van der Waals surface area contributed by atoms with Crippen molar-refractivity contribution in [2.24, 2.45) is 5.73 Å². The Balaban J connectivity index is 2.06. The second kappa shape index (κ2) is 6.23. The van der Waals surface area contributed by atoms with E-state index in [0.717, 1.165) is 0 Å². The third kappa shape index (κ3) is 2.13. The van der Waals surface area contributed by atoms with Gasteiger partial charge < -0.3 is 20.1 Å². The zero-order chi connectivity index (χ0) is 20.1. The number of nitrogens with zero attached hydrogens (tertiary/aromatic N) is 2. The van der Waals surface area contributed by atoms with E-state index in [4.69, 9.17) is 15.2 Å². The number of amides is 1. The molecule has 2 N–H and O–H groups in total. The molecule has 4 rings (SSSR count). The number of nitrogens with two attached hydrogens (primary N) is 1. The molecule has 0 radical (unpaired) electrons. The molecule has 8 nitrogen and oxygen atoms in total. The van der Waals surface area contributed by atoms with Gasteiger partial charge in [-0.3, -0.25) is 14.4 Å². The predicted octanol–water partition coefficient (Wildman–Crippen LogP) is 1.03. The van der Waals surface area contributed by atoms with Gasteiger partial charge in [0, 0.05) is 23.3 Å². The highest BCUT2D eigenvalue weighted by Gasteiger charge is 2.62. The quantitative estimate of drug-likeness (QED) is 0.761. The molecule has 1 amide bonds. The molecule has 2 heterocycles. The topological polar surface area (TPSA) is 123 Å². The lowest BCUT2D eigenvalue weighted by molar-refractivity contribution is -0.146. The molecule has 0 fully saturated rings. The van der Waals surface area contributed by atoms with Crippen molar-refractivity contribution in [1.29, 1.82) is 5.26 Å². The molecule has 28 heavy (non-hydrogen) atoms. The number of carbonyl (C=O) groups excluding carboxylic acids is 3. The first kappa shape index (κ1) is 17.8. The van der Waals surface area contributed by atoms with Crippen LogP contribution < -0.4 is 10.5 Å². The standard InChI is InChI=1S/C20H17N3O5/c1-27-16(25)10-23-13-6-4-7-14(24)17(13)20(19(23)26)11-5-2-3-8-15(11)28-18(22)12(20)9-21/h2-3,5,8H,4,6-7,10,22H2,1H3. The third-order valence-corrected chi connectivity index (χ3v) is 5.41. The Morgan fingerprint density at radius 2 is 2.11 bits per heavy atom. The minimum Gasteiger partial charge on any atom is -0.468 e. The maximum Gasteiger partial charge on any atom is 0.325 e. The fourth-order valence-electron chi connectivity index (χ4n) is 4.29. The third-order valence-electron chi connectivity index (χ3n) is 5.41. The van der Waals surface area contributed by atoms with Crippen molar-refractivity contribution >= 4 is 17.7 Å². The fraction of sp³-hybridized carbons (Fsp3) is 0.300. The van der Waals surface area contributed by atoms with Gasteiger partial charge in [-0.15, -0.1) is 0 Å². The molecule has 1 unspecified atom stereocenters. The molecule has 2 aliphatic heterocycles. The molecule has 1 aromatic rings. The Hall–Kier alpha value is -3.60. The summed E-state index contributed by atoms with van der Waals surface area (Å²) in [4.78, 5) is 40.0. The summed E-state index contributed by atoms with van der Waals surface area (Å²) in [5, 5.41) is 9.86. The molecule has 0 bridgehead atoms. The van der Waals surface area contributed by atoms with Gasteiger partial charge in [-0.2, -0.15) is 5.26 Å². The van der Waals surface area contributed by atoms with Gasteiger partial charge in [-0.1, -0.05) is 18.2 Å². The van der Waals surface area contributed by atoms with Crippen LogP contribution in [0, 0.1) is 11.3 Å². The monoisotopic (exact) mass is 379 g/mol. The number of rotatable bonds is 2. The summed E-state index contributed by atoms with van der Waals surface area (Å²) in [6, 6.07) is 8.66. The van der Waals surface area contributed by atoms with E-state index in [1.807, 2.05) is 6.07 Å². The zero-order valence-corrected chi connectivity index (χ0v) is 15.2. The second-order valence-electron chi connectivity index (χ2n) is 6.77. The largest absolute Gasteiger partial charge is 0.468 e. The molecule has 1 aliphatic carbocycles. The molecule has 1 spiro atoms. The number of ketones is 1. The normalized spacial score (nSPS) is 23.4. The predicted molar refractivity (Wildman–Crippen MR) is 95.2 cm³/mol. The molecular formula is C20H17N3O5. The van der Waals surface area contributed by atoms with Crippen LogP contribution in [0.3, 0.4) is 0 Å². The van der Waals surface area contributed by atoms with E-state index in [2.05, 4.69) is 0 Å². The minimum atomic E-state index is -1.70. The minimum absolute atomic E-state index is 0.133. The van der Waals surface area contributed by atoms with Crippen LogP contribution in [0.15, 0.2) is 47.0 Å². The van der Waals surface area contributed by atoms with Crippen molar-refractivity contribution in [3.05, 3.63) is 52.6 Å². The molecular weight excluding hydrogens is 362 g/mol. The van der Waals surface area contributed by atoms with Crippen LogP contribution in [0.1, 0.15) is 24.8 Å². The van der Waals surface area contributed by atoms with Gasteiger partial charge in [0.1, 0.15) is 29.4 Å². The number of ether oxygens (including phenoxy) is 2. The van der Waals surface area contributed by atoms with Crippen LogP contribution in [-0.2, 0) is 24.5 Å². The van der Waals surface area contributed by atoms with Crippen molar-refractivity contribution < 1.29 is 23.9 Å². The van der Waals surface area contributed by atoms with Crippen LogP contribution in [0.2, 0.25) is 0 Å². The smallest absolute Gasteiger partial charge is 0.325 e. The zero-order valence-electron chi connectivity index (χ0n) is 15.2. The maximum atomic E-state index is 13.8. The number of esters is 1. The summed E-state index contributed by atoms with van der Waals surface area (Å²) in [6.45, 7) is -0.342. The molecule has 1 atom stereocenters. The number of benzene rings is 1. The number of carbonyl (C=O) groups is 3. The number of allylic oxidation sites excluding steroid dienone is 1. The Bertz CT molecular complexity index is 1030. The van der Waals surface area contributed by atoms with Gasteiger partial charge in [0.2, 0.25) is 11.8 Å². The Labute approximate surface area is 160 Å². The van der Waals surface area contributed by atoms with Gasteiger partial charge in [-0.05, 0) is 18.9 Å². The first-order chi connectivity index (χ1) is 13.5. The molecule has 8 heteroatoms. The van der Waals surface area contributed by atoms with Crippen molar-refractivity contribution in [1.82, 2.24) is 4.90 Å². The highest BCUT2D eigenvalue weighted by Crippen LogP contribution is 2.55. The lowest BCUT2D eigenvalue weighted by Gasteiger charge is -2.35. The molecule has 3 aliphatic rings. The van der Waals surface area contributed by atoms with Gasteiger partial charge in [0.15, 0.2) is 5.78 Å². The lowest BCUT2D eigenvalue weighted by Crippen LogP contribution is -2.47. The molecule has 0 saturated carbocycles. The average Bonchev–Trinajstić information content (AvgIpc) is 2.93. The summed E-state index contributed by atoms with van der Waals surface area (Å²) in [5.41, 5.74) is 5.20. The van der Waals surface area contributed by atoms with Crippen LogP contribution in [0.4, 0.5) is 0 Å². The van der Waals surface area contributed by atoms with Crippen LogP contribution in [-0.4, -0.2) is 36.2 Å². The summed E-state index contributed by atoms with van der Waals surface area (Å²) in [5.74, 6) is -1.34. The number of hydrogen-bond donors (Lipinski definition) is 1. The van der Waals surface area contributed by atoms with Gasteiger partial charge in [0.05, 0.1) is 7.11 Å². The van der Waals surface area contributed by atoms with Crippen molar-refractivity contribution in [3.63, 3.8) is 0 Å². The van der Waals surface area contributed by atoms with Crippen LogP contribution in [0.5, 0.6) is 5.75 Å².